The van der Waals surface area contributed by atoms with Crippen LogP contribution in [0.4, 0.5) is 0 Å². The monoisotopic (exact) mass is 546 g/mol. The standard InChI is InChI=1S/C10H19NO3.C9H17NO3.C8H14O3/c1-3-9(8(2)13)4-5-10(14)11-6-7-12;1-3-8(7(2)12)6-9(13)10-4-5-11;1-3-7(6(2)9)4-5-8(10)11/h9,12H,3-7H2,1-2H3,(H,11,14);8,11H,3-6H2,1-2H3,(H,10,13);7H,3-5H2,1-2H3,(H,10,11). The van der Waals surface area contributed by atoms with Gasteiger partial charge in [-0.15, -0.1) is 0 Å². The Bertz CT molecular complexity index is 711. The van der Waals surface area contributed by atoms with Gasteiger partial charge in [0, 0.05) is 50.1 Å². The molecule has 0 aliphatic rings. The first-order chi connectivity index (χ1) is 17.8. The fraction of sp³-hybridized carbons (Fsp3) is 0.778. The van der Waals surface area contributed by atoms with E-state index in [-0.39, 0.29) is 86.1 Å². The molecule has 5 N–H and O–H groups in total. The van der Waals surface area contributed by atoms with E-state index < -0.39 is 5.97 Å². The zero-order valence-electron chi connectivity index (χ0n) is 24.0. The predicted octanol–water partition coefficient (Wildman–Crippen LogP) is 2.06. The highest BCUT2D eigenvalue weighted by molar-refractivity contribution is 5.85. The van der Waals surface area contributed by atoms with Crippen LogP contribution in [0.3, 0.4) is 0 Å². The first-order valence-electron chi connectivity index (χ1n) is 13.3. The summed E-state index contributed by atoms with van der Waals surface area (Å²) in [4.78, 5) is 65.1. The Hall–Kier alpha value is -2.66. The lowest BCUT2D eigenvalue weighted by Gasteiger charge is -2.10. The summed E-state index contributed by atoms with van der Waals surface area (Å²) in [6.07, 6.45) is 3.96. The minimum atomic E-state index is -0.829. The minimum Gasteiger partial charge on any atom is -0.481 e. The number of hydrogen-bond donors (Lipinski definition) is 5. The van der Waals surface area contributed by atoms with Crippen molar-refractivity contribution in [2.75, 3.05) is 26.3 Å². The molecule has 0 radical (unpaired) electrons. The topological polar surface area (TPSA) is 187 Å². The third kappa shape index (κ3) is 25.0. The van der Waals surface area contributed by atoms with Crippen molar-refractivity contribution in [2.24, 2.45) is 17.8 Å². The number of carbonyl (C=O) groups is 6. The molecule has 0 saturated heterocycles. The number of aliphatic carboxylic acids is 1. The maximum absolute atomic E-state index is 11.1. The molecule has 0 spiro atoms. The predicted molar refractivity (Wildman–Crippen MR) is 144 cm³/mol. The number of carboxylic acids is 1. The van der Waals surface area contributed by atoms with E-state index in [2.05, 4.69) is 10.6 Å². The largest absolute Gasteiger partial charge is 0.481 e. The van der Waals surface area contributed by atoms with Crippen LogP contribution in [0.1, 0.15) is 92.9 Å². The molecular weight excluding hydrogens is 496 g/mol. The van der Waals surface area contributed by atoms with E-state index in [1.54, 1.807) is 6.92 Å². The van der Waals surface area contributed by atoms with Gasteiger partial charge in [0.2, 0.25) is 11.8 Å². The highest BCUT2D eigenvalue weighted by Crippen LogP contribution is 2.12. The quantitative estimate of drug-likeness (QED) is 0.171. The van der Waals surface area contributed by atoms with Crippen molar-refractivity contribution in [3.05, 3.63) is 0 Å². The van der Waals surface area contributed by atoms with Gasteiger partial charge in [-0.2, -0.15) is 0 Å². The Kier molecular flexibility index (Phi) is 27.2. The lowest BCUT2D eigenvalue weighted by Crippen LogP contribution is -2.29. The molecule has 0 aliphatic heterocycles. The van der Waals surface area contributed by atoms with Crippen LogP contribution in [0.5, 0.6) is 0 Å². The molecule has 0 aromatic carbocycles. The lowest BCUT2D eigenvalue weighted by molar-refractivity contribution is -0.137. The molecule has 3 atom stereocenters. The van der Waals surface area contributed by atoms with Crippen LogP contribution < -0.4 is 10.6 Å². The van der Waals surface area contributed by atoms with Gasteiger partial charge in [0.25, 0.3) is 0 Å². The highest BCUT2D eigenvalue weighted by atomic mass is 16.4. The molecule has 0 aromatic heterocycles. The van der Waals surface area contributed by atoms with Gasteiger partial charge in [-0.05, 0) is 52.9 Å². The van der Waals surface area contributed by atoms with Crippen molar-refractivity contribution in [1.29, 1.82) is 0 Å². The molecular formula is C27H50N2O9. The second kappa shape index (κ2) is 26.0. The molecule has 0 bridgehead atoms. The number of aliphatic hydroxyl groups excluding tert-OH is 2. The van der Waals surface area contributed by atoms with E-state index in [9.17, 15) is 28.8 Å². The van der Waals surface area contributed by atoms with Crippen LogP contribution in [0.25, 0.3) is 0 Å². The Morgan fingerprint density at radius 3 is 1.29 bits per heavy atom. The molecule has 2 amide bonds. The van der Waals surface area contributed by atoms with E-state index >= 15 is 0 Å². The normalized spacial score (nSPS) is 12.3. The smallest absolute Gasteiger partial charge is 0.303 e. The Balaban J connectivity index is -0.000000487. The van der Waals surface area contributed by atoms with E-state index in [1.165, 1.54) is 13.8 Å². The Labute approximate surface area is 227 Å². The summed E-state index contributed by atoms with van der Waals surface area (Å²) >= 11 is 0. The molecule has 11 heteroatoms. The van der Waals surface area contributed by atoms with E-state index in [0.29, 0.717) is 25.7 Å². The van der Waals surface area contributed by atoms with E-state index in [0.717, 1.165) is 12.8 Å². The van der Waals surface area contributed by atoms with Crippen molar-refractivity contribution in [3.63, 3.8) is 0 Å². The zero-order chi connectivity index (χ0) is 30.1. The molecule has 222 valence electrons. The van der Waals surface area contributed by atoms with Crippen LogP contribution >= 0.6 is 0 Å². The number of Topliss-reactive ketones (excluding diaryl/α,β-unsaturated/α-hetero) is 3. The van der Waals surface area contributed by atoms with E-state index in [1.807, 2.05) is 20.8 Å². The van der Waals surface area contributed by atoms with Crippen molar-refractivity contribution < 1.29 is 44.1 Å². The van der Waals surface area contributed by atoms with Gasteiger partial charge in [0.05, 0.1) is 13.2 Å². The summed E-state index contributed by atoms with van der Waals surface area (Å²) in [5, 5.41) is 30.3. The second-order valence-electron chi connectivity index (χ2n) is 8.97. The molecule has 38 heavy (non-hydrogen) atoms. The van der Waals surface area contributed by atoms with E-state index in [4.69, 9.17) is 15.3 Å². The van der Waals surface area contributed by atoms with Gasteiger partial charge < -0.3 is 26.0 Å². The molecule has 11 nitrogen and oxygen atoms in total. The number of ketones is 3. The van der Waals surface area contributed by atoms with Crippen LogP contribution in [0.15, 0.2) is 0 Å². The minimum absolute atomic E-state index is 0.00474. The molecule has 0 rings (SSSR count). The molecule has 0 heterocycles. The maximum Gasteiger partial charge on any atom is 0.303 e. The van der Waals surface area contributed by atoms with Gasteiger partial charge in [-0.1, -0.05) is 20.8 Å². The highest BCUT2D eigenvalue weighted by Gasteiger charge is 2.16. The van der Waals surface area contributed by atoms with Crippen molar-refractivity contribution in [2.45, 2.75) is 92.9 Å². The Morgan fingerprint density at radius 1 is 0.605 bits per heavy atom. The lowest BCUT2D eigenvalue weighted by atomic mass is 9.96. The number of nitrogens with one attached hydrogen (secondary N) is 2. The summed E-state index contributed by atoms with van der Waals surface area (Å²) in [6, 6.07) is 0. The average Bonchev–Trinajstić information content (AvgIpc) is 2.85. The number of hydrogen-bond acceptors (Lipinski definition) is 8. The number of carboxylic acid groups (broad SMARTS) is 1. The summed E-state index contributed by atoms with van der Waals surface area (Å²) in [7, 11) is 0. The second-order valence-corrected chi connectivity index (χ2v) is 8.97. The zero-order valence-corrected chi connectivity index (χ0v) is 24.0. The summed E-state index contributed by atoms with van der Waals surface area (Å²) < 4.78 is 0. The number of rotatable bonds is 18. The van der Waals surface area contributed by atoms with Gasteiger partial charge in [0.1, 0.15) is 17.3 Å². The SMILES string of the molecule is CCC(CC(=O)NCCO)C(C)=O.CCC(CCC(=O)NCCO)C(C)=O.CCC(CCC(=O)O)C(C)=O. The van der Waals surface area contributed by atoms with Gasteiger partial charge in [-0.25, -0.2) is 0 Å². The average molecular weight is 547 g/mol. The summed E-state index contributed by atoms with van der Waals surface area (Å²) in [6.45, 7) is 10.7. The number of carbonyl (C=O) groups excluding carboxylic acids is 5. The first-order valence-corrected chi connectivity index (χ1v) is 13.3. The summed E-state index contributed by atoms with van der Waals surface area (Å²) in [5.74, 6) is -1.07. The molecule has 0 fully saturated rings. The molecule has 0 aromatic rings. The third-order valence-corrected chi connectivity index (χ3v) is 5.93. The van der Waals surface area contributed by atoms with Crippen molar-refractivity contribution >= 4 is 35.1 Å². The maximum atomic E-state index is 11.1. The Morgan fingerprint density at radius 2 is 0.974 bits per heavy atom. The van der Waals surface area contributed by atoms with Crippen LogP contribution in [-0.4, -0.2) is 76.8 Å². The first kappa shape index (κ1) is 39.8. The van der Waals surface area contributed by atoms with Crippen LogP contribution in [0, 0.1) is 17.8 Å². The van der Waals surface area contributed by atoms with Crippen LogP contribution in [-0.2, 0) is 28.8 Å². The van der Waals surface area contributed by atoms with Gasteiger partial charge in [-0.3, -0.25) is 28.8 Å². The summed E-state index contributed by atoms with van der Waals surface area (Å²) in [5.41, 5.74) is 0. The molecule has 3 unspecified atom stereocenters. The number of amides is 2. The fourth-order valence-electron chi connectivity index (χ4n) is 3.34. The van der Waals surface area contributed by atoms with Gasteiger partial charge >= 0.3 is 5.97 Å². The number of aliphatic hydroxyl groups is 2. The van der Waals surface area contributed by atoms with Crippen molar-refractivity contribution in [1.82, 2.24) is 10.6 Å². The molecule has 0 aliphatic carbocycles. The molecule has 0 saturated carbocycles. The van der Waals surface area contributed by atoms with Crippen LogP contribution in [0.2, 0.25) is 0 Å². The fourth-order valence-corrected chi connectivity index (χ4v) is 3.34. The third-order valence-electron chi connectivity index (χ3n) is 5.93. The van der Waals surface area contributed by atoms with Crippen molar-refractivity contribution in [3.8, 4) is 0 Å². The van der Waals surface area contributed by atoms with Gasteiger partial charge in [0.15, 0.2) is 0 Å².